The first-order valence-corrected chi connectivity index (χ1v) is 12.6. The number of hydrogen-bond acceptors (Lipinski definition) is 5. The Bertz CT molecular complexity index is 1640. The largest absolute Gasteiger partial charge is 0.353 e. The molecule has 4 heterocycles. The normalized spacial score (nSPS) is 13.2. The van der Waals surface area contributed by atoms with Crippen LogP contribution in [0, 0.1) is 5.92 Å². The number of amides is 2. The Labute approximate surface area is 213 Å². The maximum absolute atomic E-state index is 13.1. The number of aromatic amines is 2. The summed E-state index contributed by atoms with van der Waals surface area (Å²) in [5.74, 6) is 0.178. The molecule has 0 radical (unpaired) electrons. The van der Waals surface area contributed by atoms with Crippen molar-refractivity contribution in [3.63, 3.8) is 0 Å². The number of hydrogen-bond donors (Lipinski definition) is 3. The van der Waals surface area contributed by atoms with E-state index in [4.69, 9.17) is 0 Å². The first kappa shape index (κ1) is 22.9. The molecule has 1 aliphatic rings. The Morgan fingerprint density at radius 1 is 1.03 bits per heavy atom. The minimum absolute atomic E-state index is 0.0146. The summed E-state index contributed by atoms with van der Waals surface area (Å²) in [5.41, 5.74) is 6.11. The Morgan fingerprint density at radius 3 is 2.62 bits per heavy atom. The molecule has 1 saturated carbocycles. The number of nitrogens with one attached hydrogen (secondary N) is 3. The Hall–Kier alpha value is -4.53. The smallest absolute Gasteiger partial charge is 0.254 e. The van der Waals surface area contributed by atoms with Crippen molar-refractivity contribution in [1.82, 2.24) is 30.0 Å². The highest BCUT2D eigenvalue weighted by Crippen LogP contribution is 2.33. The molecule has 0 bridgehead atoms. The third-order valence-electron chi connectivity index (χ3n) is 6.91. The summed E-state index contributed by atoms with van der Waals surface area (Å²) in [4.78, 5) is 39.4. The van der Waals surface area contributed by atoms with Gasteiger partial charge in [0.2, 0.25) is 5.91 Å². The van der Waals surface area contributed by atoms with E-state index in [0.717, 1.165) is 51.6 Å². The summed E-state index contributed by atoms with van der Waals surface area (Å²) in [6.07, 6.45) is 7.05. The second kappa shape index (κ2) is 9.16. The summed E-state index contributed by atoms with van der Waals surface area (Å²) in [6.45, 7) is 5.28. The highest BCUT2D eigenvalue weighted by molar-refractivity contribution is 6.08. The van der Waals surface area contributed by atoms with Crippen LogP contribution in [0.2, 0.25) is 0 Å². The molecule has 6 rings (SSSR count). The van der Waals surface area contributed by atoms with Crippen LogP contribution in [0.4, 0.5) is 5.69 Å². The van der Waals surface area contributed by atoms with Gasteiger partial charge in [-0.2, -0.15) is 5.10 Å². The van der Waals surface area contributed by atoms with E-state index < -0.39 is 0 Å². The van der Waals surface area contributed by atoms with Crippen LogP contribution >= 0.6 is 0 Å². The maximum Gasteiger partial charge on any atom is 0.254 e. The maximum atomic E-state index is 13.1. The fraction of sp³-hybridized carbons (Fsp3) is 0.250. The molecule has 186 valence electrons. The highest BCUT2D eigenvalue weighted by Gasteiger charge is 2.29. The van der Waals surface area contributed by atoms with E-state index in [1.807, 2.05) is 55.1 Å². The Balaban J connectivity index is 1.38. The molecular weight excluding hydrogens is 466 g/mol. The molecule has 3 N–H and O–H groups in total. The minimum atomic E-state index is 0.0146. The lowest BCUT2D eigenvalue weighted by Crippen LogP contribution is -2.30. The SMILES string of the molecule is CCN(CC)C(=O)c1cccc2[nH]c(-c3[nH]nc4ncc(-c5cncc(NC(=O)C6CC6)c5)cc34)cc12. The fourth-order valence-electron chi connectivity index (χ4n) is 4.68. The number of carbonyl (C=O) groups is 2. The van der Waals surface area contributed by atoms with Crippen molar-refractivity contribution in [2.45, 2.75) is 26.7 Å². The number of pyridine rings is 2. The third-order valence-corrected chi connectivity index (χ3v) is 6.91. The number of anilines is 1. The number of fused-ring (bicyclic) bond motifs is 2. The van der Waals surface area contributed by atoms with Crippen LogP contribution in [0.3, 0.4) is 0 Å². The average molecular weight is 494 g/mol. The lowest BCUT2D eigenvalue weighted by atomic mass is 10.1. The van der Waals surface area contributed by atoms with Gasteiger partial charge in [0.05, 0.1) is 23.3 Å². The molecule has 1 fully saturated rings. The molecule has 0 spiro atoms. The van der Waals surface area contributed by atoms with Crippen LogP contribution < -0.4 is 5.32 Å². The minimum Gasteiger partial charge on any atom is -0.353 e. The third kappa shape index (κ3) is 4.22. The second-order valence-electron chi connectivity index (χ2n) is 9.35. The van der Waals surface area contributed by atoms with Crippen LogP contribution in [0.15, 0.2) is 55.0 Å². The summed E-state index contributed by atoms with van der Waals surface area (Å²) < 4.78 is 0. The molecule has 4 aromatic heterocycles. The first-order valence-electron chi connectivity index (χ1n) is 12.6. The van der Waals surface area contributed by atoms with Gasteiger partial charge in [0.25, 0.3) is 5.91 Å². The number of aromatic nitrogens is 5. The van der Waals surface area contributed by atoms with Gasteiger partial charge >= 0.3 is 0 Å². The summed E-state index contributed by atoms with van der Waals surface area (Å²) >= 11 is 0. The van der Waals surface area contributed by atoms with Gasteiger partial charge in [-0.25, -0.2) is 4.98 Å². The molecule has 5 aromatic rings. The van der Waals surface area contributed by atoms with Gasteiger partial charge in [0.1, 0.15) is 0 Å². The van der Waals surface area contributed by atoms with Crippen LogP contribution in [-0.4, -0.2) is 55.0 Å². The van der Waals surface area contributed by atoms with Crippen LogP contribution in [0.1, 0.15) is 37.0 Å². The van der Waals surface area contributed by atoms with Gasteiger partial charge in [0.15, 0.2) is 5.65 Å². The average Bonchev–Trinajstić information content (AvgIpc) is 3.55. The van der Waals surface area contributed by atoms with Crippen LogP contribution in [0.5, 0.6) is 0 Å². The van der Waals surface area contributed by atoms with Gasteiger partial charge in [-0.3, -0.25) is 19.7 Å². The number of H-pyrrole nitrogens is 2. The Morgan fingerprint density at radius 2 is 1.84 bits per heavy atom. The van der Waals surface area contributed by atoms with E-state index >= 15 is 0 Å². The predicted molar refractivity (Wildman–Crippen MR) is 143 cm³/mol. The first-order chi connectivity index (χ1) is 18.1. The zero-order valence-corrected chi connectivity index (χ0v) is 20.7. The number of rotatable bonds is 7. The Kier molecular flexibility index (Phi) is 5.67. The van der Waals surface area contributed by atoms with Crippen molar-refractivity contribution in [3.05, 3.63) is 60.6 Å². The van der Waals surface area contributed by atoms with Crippen molar-refractivity contribution in [2.24, 2.45) is 5.92 Å². The predicted octanol–water partition coefficient (Wildman–Crippen LogP) is 5.00. The molecule has 0 atom stereocenters. The van der Waals surface area contributed by atoms with E-state index in [0.29, 0.717) is 30.0 Å². The highest BCUT2D eigenvalue weighted by atomic mass is 16.2. The van der Waals surface area contributed by atoms with Gasteiger partial charge in [-0.1, -0.05) is 6.07 Å². The van der Waals surface area contributed by atoms with Crippen LogP contribution in [0.25, 0.3) is 44.5 Å². The summed E-state index contributed by atoms with van der Waals surface area (Å²) in [6, 6.07) is 11.6. The molecule has 9 nitrogen and oxygen atoms in total. The number of nitrogens with zero attached hydrogens (tertiary/aromatic N) is 4. The topological polar surface area (TPSA) is 120 Å². The number of carbonyl (C=O) groups excluding carboxylic acids is 2. The molecule has 2 amide bonds. The van der Waals surface area contributed by atoms with Crippen molar-refractivity contribution >= 4 is 39.4 Å². The van der Waals surface area contributed by atoms with Crippen molar-refractivity contribution in [1.29, 1.82) is 0 Å². The quantitative estimate of drug-likeness (QED) is 0.295. The van der Waals surface area contributed by atoms with Crippen LogP contribution in [-0.2, 0) is 4.79 Å². The van der Waals surface area contributed by atoms with Gasteiger partial charge in [-0.15, -0.1) is 0 Å². The van der Waals surface area contributed by atoms with E-state index in [2.05, 4.69) is 30.5 Å². The lowest BCUT2D eigenvalue weighted by Gasteiger charge is -2.18. The number of benzene rings is 1. The summed E-state index contributed by atoms with van der Waals surface area (Å²) in [5, 5.41) is 12.2. The monoisotopic (exact) mass is 493 g/mol. The molecule has 0 saturated heterocycles. The molecule has 37 heavy (non-hydrogen) atoms. The van der Waals surface area contributed by atoms with Crippen molar-refractivity contribution in [3.8, 4) is 22.5 Å². The molecule has 9 heteroatoms. The second-order valence-corrected chi connectivity index (χ2v) is 9.35. The molecule has 0 aliphatic heterocycles. The van der Waals surface area contributed by atoms with E-state index in [9.17, 15) is 9.59 Å². The summed E-state index contributed by atoms with van der Waals surface area (Å²) in [7, 11) is 0. The zero-order valence-electron chi connectivity index (χ0n) is 20.7. The molecule has 1 aromatic carbocycles. The van der Waals surface area contributed by atoms with Gasteiger partial charge in [0, 0.05) is 64.4 Å². The lowest BCUT2D eigenvalue weighted by molar-refractivity contribution is -0.117. The fourth-order valence-corrected chi connectivity index (χ4v) is 4.68. The zero-order chi connectivity index (χ0) is 25.5. The van der Waals surface area contributed by atoms with Crippen molar-refractivity contribution in [2.75, 3.05) is 18.4 Å². The van der Waals surface area contributed by atoms with Gasteiger partial charge < -0.3 is 15.2 Å². The molecule has 1 aliphatic carbocycles. The van der Waals surface area contributed by atoms with E-state index in [1.54, 1.807) is 18.6 Å². The standard InChI is InChI=1S/C28H27N7O2/c1-3-35(4-2)28(37)20-6-5-7-23-21(20)12-24(32-23)25-22-11-18(14-30-26(22)34-33-25)17-10-19(15-29-13-17)31-27(36)16-8-9-16/h5-7,10-16,32H,3-4,8-9H2,1-2H3,(H,31,36)(H,30,33,34). The van der Waals surface area contributed by atoms with E-state index in [1.165, 1.54) is 0 Å². The van der Waals surface area contributed by atoms with Crippen molar-refractivity contribution < 1.29 is 9.59 Å². The van der Waals surface area contributed by atoms with Gasteiger partial charge in [-0.05, 0) is 57.0 Å². The molecule has 0 unspecified atom stereocenters. The van der Waals surface area contributed by atoms with E-state index in [-0.39, 0.29) is 17.7 Å². The molecular formula is C28H27N7O2.